The third-order valence-electron chi connectivity index (χ3n) is 4.26. The van der Waals surface area contributed by atoms with Gasteiger partial charge < -0.3 is 25.5 Å². The van der Waals surface area contributed by atoms with Crippen LogP contribution in [0.4, 0.5) is 4.79 Å². The second kappa shape index (κ2) is 9.05. The summed E-state index contributed by atoms with van der Waals surface area (Å²) in [5, 5.41) is 14.6. The summed E-state index contributed by atoms with van der Waals surface area (Å²) < 4.78 is 5.20. The van der Waals surface area contributed by atoms with Crippen LogP contribution in [0.3, 0.4) is 0 Å². The molecule has 0 spiro atoms. The van der Waals surface area contributed by atoms with Crippen molar-refractivity contribution in [2.45, 2.75) is 18.9 Å². The number of amides is 2. The number of methoxy groups -OCH3 is 1. The molecule has 1 atom stereocenters. The van der Waals surface area contributed by atoms with Gasteiger partial charge in [0.25, 0.3) is 0 Å². The Morgan fingerprint density at radius 2 is 2.00 bits per heavy atom. The molecular formula is C20H24N4O3. The first-order valence-corrected chi connectivity index (χ1v) is 8.92. The third kappa shape index (κ3) is 4.98. The van der Waals surface area contributed by atoms with Gasteiger partial charge in [0, 0.05) is 13.2 Å². The van der Waals surface area contributed by atoms with Gasteiger partial charge >= 0.3 is 6.03 Å². The van der Waals surface area contributed by atoms with Crippen molar-refractivity contribution in [3.05, 3.63) is 59.9 Å². The number of hydrogen-bond donors (Lipinski definition) is 4. The van der Waals surface area contributed by atoms with Gasteiger partial charge in [0.2, 0.25) is 0 Å². The van der Waals surface area contributed by atoms with Crippen molar-refractivity contribution in [1.82, 2.24) is 20.6 Å². The number of H-pyrrole nitrogens is 1. The molecule has 0 aliphatic rings. The summed E-state index contributed by atoms with van der Waals surface area (Å²) in [6.45, 7) is 0.455. The van der Waals surface area contributed by atoms with Gasteiger partial charge in [0.15, 0.2) is 0 Å². The number of hydrogen-bond acceptors (Lipinski definition) is 4. The molecule has 2 amide bonds. The Hall–Kier alpha value is -3.06. The van der Waals surface area contributed by atoms with Gasteiger partial charge in [-0.2, -0.15) is 0 Å². The number of rotatable bonds is 8. The number of nitrogens with one attached hydrogen (secondary N) is 3. The predicted molar refractivity (Wildman–Crippen MR) is 104 cm³/mol. The lowest BCUT2D eigenvalue weighted by molar-refractivity contribution is 0.234. The maximum absolute atomic E-state index is 12.2. The molecule has 2 aromatic carbocycles. The van der Waals surface area contributed by atoms with E-state index in [1.54, 1.807) is 7.11 Å². The largest absolute Gasteiger partial charge is 0.497 e. The number of aliphatic hydroxyl groups excluding tert-OH is 1. The lowest BCUT2D eigenvalue weighted by Gasteiger charge is -2.17. The monoisotopic (exact) mass is 368 g/mol. The molecule has 1 heterocycles. The van der Waals surface area contributed by atoms with Crippen molar-refractivity contribution < 1.29 is 14.6 Å². The Bertz CT molecular complexity index is 843. The molecule has 0 radical (unpaired) electrons. The Morgan fingerprint density at radius 3 is 2.70 bits per heavy atom. The maximum Gasteiger partial charge on any atom is 0.315 e. The van der Waals surface area contributed by atoms with Crippen molar-refractivity contribution in [2.24, 2.45) is 0 Å². The lowest BCUT2D eigenvalue weighted by Crippen LogP contribution is -2.39. The predicted octanol–water partition coefficient (Wildman–Crippen LogP) is 2.54. The summed E-state index contributed by atoms with van der Waals surface area (Å²) in [6.07, 6.45) is 1.10. The summed E-state index contributed by atoms with van der Waals surface area (Å²) in [6, 6.07) is 14.9. The molecule has 142 valence electrons. The summed E-state index contributed by atoms with van der Waals surface area (Å²) in [7, 11) is 1.63. The highest BCUT2D eigenvalue weighted by Gasteiger charge is 2.19. The van der Waals surface area contributed by atoms with Gasteiger partial charge in [-0.15, -0.1) is 0 Å². The molecule has 0 aliphatic carbocycles. The van der Waals surface area contributed by atoms with Crippen molar-refractivity contribution in [1.29, 1.82) is 0 Å². The summed E-state index contributed by atoms with van der Waals surface area (Å²) in [5.41, 5.74) is 2.83. The number of nitrogens with zero attached hydrogens (tertiary/aromatic N) is 1. The highest BCUT2D eigenvalue weighted by Crippen LogP contribution is 2.21. The van der Waals surface area contributed by atoms with Crippen LogP contribution < -0.4 is 15.4 Å². The van der Waals surface area contributed by atoms with E-state index in [0.29, 0.717) is 25.2 Å². The van der Waals surface area contributed by atoms with Gasteiger partial charge in [-0.3, -0.25) is 0 Å². The molecule has 1 aromatic heterocycles. The van der Waals surface area contributed by atoms with Crippen LogP contribution in [0, 0.1) is 0 Å². The number of urea groups is 1. The zero-order chi connectivity index (χ0) is 19.1. The number of imidazole rings is 1. The molecule has 7 heteroatoms. The summed E-state index contributed by atoms with van der Waals surface area (Å²) in [5.74, 6) is 1.48. The maximum atomic E-state index is 12.2. The minimum absolute atomic E-state index is 0.0408. The summed E-state index contributed by atoms with van der Waals surface area (Å²) in [4.78, 5) is 20.2. The first-order valence-electron chi connectivity index (χ1n) is 8.92. The van der Waals surface area contributed by atoms with E-state index < -0.39 is 0 Å². The highest BCUT2D eigenvalue weighted by molar-refractivity contribution is 5.76. The fraction of sp³-hybridized carbons (Fsp3) is 0.300. The molecule has 0 bridgehead atoms. The quantitative estimate of drug-likeness (QED) is 0.459. The van der Waals surface area contributed by atoms with Crippen LogP contribution >= 0.6 is 0 Å². The number of carbonyl (C=O) groups is 1. The number of aromatic nitrogens is 2. The van der Waals surface area contributed by atoms with E-state index in [2.05, 4.69) is 20.6 Å². The van der Waals surface area contributed by atoms with Crippen LogP contribution in [0.15, 0.2) is 48.5 Å². The number of ether oxygens (including phenoxy) is 1. The molecule has 0 aliphatic heterocycles. The second-order valence-corrected chi connectivity index (χ2v) is 6.22. The van der Waals surface area contributed by atoms with Gasteiger partial charge in [0.05, 0.1) is 24.2 Å². The first-order chi connectivity index (χ1) is 13.2. The number of benzene rings is 2. The average molecular weight is 368 g/mol. The lowest BCUT2D eigenvalue weighted by atomic mass is 10.1. The molecule has 0 saturated heterocycles. The zero-order valence-electron chi connectivity index (χ0n) is 15.2. The third-order valence-corrected chi connectivity index (χ3v) is 4.26. The van der Waals surface area contributed by atoms with Gasteiger partial charge in [0.1, 0.15) is 11.6 Å². The second-order valence-electron chi connectivity index (χ2n) is 6.22. The average Bonchev–Trinajstić information content (AvgIpc) is 3.12. The molecule has 4 N–H and O–H groups in total. The van der Waals surface area contributed by atoms with E-state index in [9.17, 15) is 4.79 Å². The van der Waals surface area contributed by atoms with Crippen molar-refractivity contribution in [3.63, 3.8) is 0 Å². The van der Waals surface area contributed by atoms with Crippen LogP contribution in [-0.4, -0.2) is 41.4 Å². The van der Waals surface area contributed by atoms with E-state index in [1.165, 1.54) is 0 Å². The van der Waals surface area contributed by atoms with Gasteiger partial charge in [-0.05, 0) is 42.7 Å². The molecule has 1 unspecified atom stereocenters. The minimum Gasteiger partial charge on any atom is -0.497 e. The van der Waals surface area contributed by atoms with E-state index in [0.717, 1.165) is 22.3 Å². The molecule has 0 fully saturated rings. The van der Waals surface area contributed by atoms with Crippen LogP contribution in [-0.2, 0) is 6.42 Å². The van der Waals surface area contributed by atoms with Gasteiger partial charge in [-0.25, -0.2) is 9.78 Å². The smallest absolute Gasteiger partial charge is 0.315 e. The van der Waals surface area contributed by atoms with E-state index in [1.807, 2.05) is 48.5 Å². The molecule has 3 rings (SSSR count). The Kier molecular flexibility index (Phi) is 6.27. The number of aromatic amines is 1. The van der Waals surface area contributed by atoms with E-state index in [4.69, 9.17) is 9.84 Å². The Labute approximate surface area is 157 Å². The molecule has 0 saturated carbocycles. The van der Waals surface area contributed by atoms with E-state index >= 15 is 0 Å². The molecule has 27 heavy (non-hydrogen) atoms. The minimum atomic E-state index is -0.320. The highest BCUT2D eigenvalue weighted by atomic mass is 16.5. The van der Waals surface area contributed by atoms with Crippen LogP contribution in [0.1, 0.15) is 23.9 Å². The molecule has 3 aromatic rings. The fourth-order valence-corrected chi connectivity index (χ4v) is 2.84. The number of aliphatic hydroxyl groups is 1. The first kappa shape index (κ1) is 18.7. The van der Waals surface area contributed by atoms with Crippen LogP contribution in [0.2, 0.25) is 0 Å². The van der Waals surface area contributed by atoms with E-state index in [-0.39, 0.29) is 18.7 Å². The molecular weight excluding hydrogens is 344 g/mol. The van der Waals surface area contributed by atoms with Crippen molar-refractivity contribution in [2.75, 3.05) is 20.3 Å². The Balaban J connectivity index is 1.79. The number of carbonyl (C=O) groups excluding carboxylic acids is 1. The fourth-order valence-electron chi connectivity index (χ4n) is 2.84. The number of fused-ring (bicyclic) bond motifs is 1. The number of para-hydroxylation sites is 2. The molecule has 7 nitrogen and oxygen atoms in total. The zero-order valence-corrected chi connectivity index (χ0v) is 15.2. The standard InChI is InChI=1S/C20H24N4O3/c1-27-15-9-7-14(8-10-15)13-18(24-20(26)21-11-4-12-25)19-22-16-5-2-3-6-17(16)23-19/h2-3,5-10,18,25H,4,11-13H2,1H3,(H,22,23)(H2,21,24,26). The van der Waals surface area contributed by atoms with Crippen LogP contribution in [0.5, 0.6) is 5.75 Å². The SMILES string of the molecule is COc1ccc(CC(NC(=O)NCCCO)c2nc3ccccc3[nH]2)cc1. The van der Waals surface area contributed by atoms with Crippen molar-refractivity contribution >= 4 is 17.1 Å². The summed E-state index contributed by atoms with van der Waals surface area (Å²) >= 11 is 0. The van der Waals surface area contributed by atoms with Crippen molar-refractivity contribution in [3.8, 4) is 5.75 Å². The topological polar surface area (TPSA) is 99.3 Å². The van der Waals surface area contributed by atoms with Gasteiger partial charge in [-0.1, -0.05) is 24.3 Å². The Morgan fingerprint density at radius 1 is 1.22 bits per heavy atom. The van der Waals surface area contributed by atoms with Crippen LogP contribution in [0.25, 0.3) is 11.0 Å². The normalized spacial score (nSPS) is 11.9.